The van der Waals surface area contributed by atoms with Gasteiger partial charge in [0.15, 0.2) is 0 Å². The van der Waals surface area contributed by atoms with E-state index in [-0.39, 0.29) is 5.57 Å². The molecule has 4 nitrogen and oxygen atoms in total. The van der Waals surface area contributed by atoms with Gasteiger partial charge in [0.25, 0.3) is 0 Å². The largest absolute Gasteiger partial charge is 0.389 e. The lowest BCUT2D eigenvalue weighted by molar-refractivity contribution is 0.260. The van der Waals surface area contributed by atoms with Gasteiger partial charge >= 0.3 is 0 Å². The smallest absolute Gasteiger partial charge is 0.145 e. The predicted octanol–water partition coefficient (Wildman–Crippen LogP) is 3.19. The number of nitrogens with one attached hydrogen (secondary N) is 1. The van der Waals surface area contributed by atoms with Crippen LogP contribution in [0.4, 0.5) is 0 Å². The summed E-state index contributed by atoms with van der Waals surface area (Å²) >= 11 is 0. The number of hydrogen-bond acceptors (Lipinski definition) is 4. The zero-order chi connectivity index (χ0) is 15.1. The molecule has 0 aromatic rings. The Morgan fingerprint density at radius 1 is 0.950 bits per heavy atom. The van der Waals surface area contributed by atoms with Crippen molar-refractivity contribution in [2.75, 3.05) is 26.2 Å². The summed E-state index contributed by atoms with van der Waals surface area (Å²) in [6.45, 7) is 8.84. The molecule has 0 bridgehead atoms. The Morgan fingerprint density at radius 2 is 1.50 bits per heavy atom. The molecule has 0 aromatic carbocycles. The zero-order valence-electron chi connectivity index (χ0n) is 13.0. The fraction of sp³-hybridized carbons (Fsp3) is 0.750. The maximum Gasteiger partial charge on any atom is 0.145 e. The van der Waals surface area contributed by atoms with Gasteiger partial charge in [0.05, 0.1) is 0 Å². The van der Waals surface area contributed by atoms with E-state index in [2.05, 4.69) is 24.1 Å². The van der Waals surface area contributed by atoms with Crippen molar-refractivity contribution in [3.05, 3.63) is 11.8 Å². The summed E-state index contributed by atoms with van der Waals surface area (Å²) in [5.41, 5.74) is 0.137. The second-order valence-electron chi connectivity index (χ2n) is 4.99. The van der Waals surface area contributed by atoms with E-state index in [0.717, 1.165) is 25.9 Å². The molecule has 0 atom stereocenters. The molecule has 1 N–H and O–H groups in total. The van der Waals surface area contributed by atoms with Crippen LogP contribution in [0.5, 0.6) is 0 Å². The molecule has 0 rings (SSSR count). The summed E-state index contributed by atoms with van der Waals surface area (Å²) in [5, 5.41) is 20.2. The first kappa shape index (κ1) is 18.5. The third kappa shape index (κ3) is 10.4. The van der Waals surface area contributed by atoms with Gasteiger partial charge in [-0.25, -0.2) is 0 Å². The molecule has 0 saturated heterocycles. The maximum absolute atomic E-state index is 8.58. The molecule has 0 fully saturated rings. The first-order chi connectivity index (χ1) is 9.78. The van der Waals surface area contributed by atoms with Crippen LogP contribution in [0, 0.1) is 22.7 Å². The summed E-state index contributed by atoms with van der Waals surface area (Å²) in [5.74, 6) is 0. The lowest BCUT2D eigenvalue weighted by Crippen LogP contribution is -2.27. The van der Waals surface area contributed by atoms with Crippen LogP contribution < -0.4 is 5.32 Å². The first-order valence-electron chi connectivity index (χ1n) is 7.74. The molecule has 20 heavy (non-hydrogen) atoms. The van der Waals surface area contributed by atoms with Gasteiger partial charge < -0.3 is 10.2 Å². The third-order valence-corrected chi connectivity index (χ3v) is 3.19. The van der Waals surface area contributed by atoms with Crippen LogP contribution in [0.1, 0.15) is 52.4 Å². The molecule has 112 valence electrons. The Kier molecular flexibility index (Phi) is 12.8. The van der Waals surface area contributed by atoms with E-state index >= 15 is 0 Å². The van der Waals surface area contributed by atoms with Crippen LogP contribution in [0.2, 0.25) is 0 Å². The van der Waals surface area contributed by atoms with Crippen molar-refractivity contribution in [1.29, 1.82) is 10.5 Å². The monoisotopic (exact) mass is 276 g/mol. The second-order valence-corrected chi connectivity index (χ2v) is 4.99. The van der Waals surface area contributed by atoms with Crippen molar-refractivity contribution < 1.29 is 0 Å². The Labute approximate surface area is 124 Å². The Morgan fingerprint density at radius 3 is 2.00 bits per heavy atom. The van der Waals surface area contributed by atoms with Crippen molar-refractivity contribution in [1.82, 2.24) is 10.2 Å². The number of allylic oxidation sites excluding steroid dienone is 1. The van der Waals surface area contributed by atoms with Gasteiger partial charge in [-0.2, -0.15) is 10.5 Å². The third-order valence-electron chi connectivity index (χ3n) is 3.19. The number of rotatable bonds is 12. The van der Waals surface area contributed by atoms with Crippen molar-refractivity contribution in [3.63, 3.8) is 0 Å². The van der Waals surface area contributed by atoms with E-state index in [0.29, 0.717) is 0 Å². The standard InChI is InChI=1S/C16H28N4/c1-3-5-10-20(11-6-4-2)12-8-7-9-19-15-16(13-17)14-18/h15,19H,3-12H2,1-2H3. The van der Waals surface area contributed by atoms with Crippen LogP contribution >= 0.6 is 0 Å². The predicted molar refractivity (Wildman–Crippen MR) is 82.8 cm³/mol. The second kappa shape index (κ2) is 13.9. The summed E-state index contributed by atoms with van der Waals surface area (Å²) in [4.78, 5) is 2.55. The highest BCUT2D eigenvalue weighted by atomic mass is 15.1. The zero-order valence-corrected chi connectivity index (χ0v) is 13.0. The number of hydrogen-bond donors (Lipinski definition) is 1. The van der Waals surface area contributed by atoms with Gasteiger partial charge in [0.1, 0.15) is 17.7 Å². The summed E-state index contributed by atoms with van der Waals surface area (Å²) in [6.07, 6.45) is 8.78. The van der Waals surface area contributed by atoms with Crippen molar-refractivity contribution in [2.24, 2.45) is 0 Å². The highest BCUT2D eigenvalue weighted by molar-refractivity contribution is 5.34. The normalized spacial score (nSPS) is 9.85. The molecular formula is C16H28N4. The van der Waals surface area contributed by atoms with Crippen molar-refractivity contribution in [2.45, 2.75) is 52.4 Å². The van der Waals surface area contributed by atoms with Gasteiger partial charge in [-0.15, -0.1) is 0 Å². The minimum atomic E-state index is 0.137. The molecule has 0 aromatic heterocycles. The van der Waals surface area contributed by atoms with Gasteiger partial charge in [-0.1, -0.05) is 26.7 Å². The Bertz CT molecular complexity index is 311. The van der Waals surface area contributed by atoms with E-state index in [1.807, 2.05) is 12.1 Å². The maximum atomic E-state index is 8.58. The van der Waals surface area contributed by atoms with Crippen LogP contribution in [-0.2, 0) is 0 Å². The van der Waals surface area contributed by atoms with E-state index < -0.39 is 0 Å². The molecule has 0 aliphatic rings. The van der Waals surface area contributed by atoms with Crippen molar-refractivity contribution >= 4 is 0 Å². The first-order valence-corrected chi connectivity index (χ1v) is 7.74. The van der Waals surface area contributed by atoms with E-state index in [1.165, 1.54) is 45.0 Å². The topological polar surface area (TPSA) is 62.9 Å². The highest BCUT2D eigenvalue weighted by Crippen LogP contribution is 2.01. The fourth-order valence-corrected chi connectivity index (χ4v) is 1.93. The lowest BCUT2D eigenvalue weighted by Gasteiger charge is -2.21. The van der Waals surface area contributed by atoms with E-state index in [9.17, 15) is 0 Å². The average Bonchev–Trinajstić information content (AvgIpc) is 2.48. The van der Waals surface area contributed by atoms with Crippen LogP contribution in [0.25, 0.3) is 0 Å². The molecule has 0 radical (unpaired) electrons. The molecular weight excluding hydrogens is 248 g/mol. The van der Waals surface area contributed by atoms with E-state index in [4.69, 9.17) is 10.5 Å². The molecule has 0 aliphatic heterocycles. The lowest BCUT2D eigenvalue weighted by atomic mass is 10.2. The molecule has 0 heterocycles. The van der Waals surface area contributed by atoms with Crippen LogP contribution in [-0.4, -0.2) is 31.1 Å². The summed E-state index contributed by atoms with van der Waals surface area (Å²) in [7, 11) is 0. The van der Waals surface area contributed by atoms with Gasteiger partial charge in [-0.05, 0) is 45.3 Å². The molecule has 4 heteroatoms. The average molecular weight is 276 g/mol. The fourth-order valence-electron chi connectivity index (χ4n) is 1.93. The highest BCUT2D eigenvalue weighted by Gasteiger charge is 2.03. The molecule has 0 amide bonds. The molecule has 0 unspecified atom stereocenters. The van der Waals surface area contributed by atoms with Crippen LogP contribution in [0.3, 0.4) is 0 Å². The molecule has 0 saturated carbocycles. The number of nitrogens with zero attached hydrogens (tertiary/aromatic N) is 3. The van der Waals surface area contributed by atoms with Gasteiger partial charge in [0.2, 0.25) is 0 Å². The van der Waals surface area contributed by atoms with E-state index in [1.54, 1.807) is 0 Å². The number of nitriles is 2. The molecule has 0 spiro atoms. The number of unbranched alkanes of at least 4 members (excludes halogenated alkanes) is 3. The quantitative estimate of drug-likeness (QED) is 0.439. The van der Waals surface area contributed by atoms with Gasteiger partial charge in [-0.3, -0.25) is 0 Å². The van der Waals surface area contributed by atoms with Crippen molar-refractivity contribution in [3.8, 4) is 12.1 Å². The minimum Gasteiger partial charge on any atom is -0.389 e. The SMILES string of the molecule is CCCCN(CCCC)CCCCNC=C(C#N)C#N. The molecule has 0 aliphatic carbocycles. The summed E-state index contributed by atoms with van der Waals surface area (Å²) in [6, 6.07) is 3.67. The van der Waals surface area contributed by atoms with Gasteiger partial charge in [0, 0.05) is 12.7 Å². The Balaban J connectivity index is 3.75. The van der Waals surface area contributed by atoms with Crippen LogP contribution in [0.15, 0.2) is 11.8 Å². The Hall–Kier alpha value is -1.52. The minimum absolute atomic E-state index is 0.137. The summed E-state index contributed by atoms with van der Waals surface area (Å²) < 4.78 is 0.